The highest BCUT2D eigenvalue weighted by molar-refractivity contribution is 7.12. The van der Waals surface area contributed by atoms with Crippen LogP contribution >= 0.6 is 11.3 Å². The van der Waals surface area contributed by atoms with Crippen LogP contribution in [-0.4, -0.2) is 0 Å². The summed E-state index contributed by atoms with van der Waals surface area (Å²) in [7, 11) is 0. The molecule has 0 aliphatic carbocycles. The lowest BCUT2D eigenvalue weighted by molar-refractivity contribution is 0.923. The molecule has 0 radical (unpaired) electrons. The van der Waals surface area contributed by atoms with Crippen LogP contribution in [0.5, 0.6) is 0 Å². The molecule has 2 nitrogen and oxygen atoms in total. The first kappa shape index (κ1) is 8.25. The van der Waals surface area contributed by atoms with Crippen molar-refractivity contribution in [2.45, 2.75) is 19.9 Å². The van der Waals surface area contributed by atoms with Crippen molar-refractivity contribution >= 4 is 11.3 Å². The Morgan fingerprint density at radius 2 is 2.27 bits per heavy atom. The van der Waals surface area contributed by atoms with E-state index in [1.165, 1.54) is 4.88 Å². The Hall–Kier alpha value is -0.850. The van der Waals surface area contributed by atoms with Crippen molar-refractivity contribution in [3.05, 3.63) is 21.4 Å². The largest absolute Gasteiger partial charge is 0.312 e. The molecule has 0 aromatic carbocycles. The van der Waals surface area contributed by atoms with Gasteiger partial charge in [-0.3, -0.25) is 0 Å². The zero-order valence-corrected chi connectivity index (χ0v) is 7.40. The van der Waals surface area contributed by atoms with Gasteiger partial charge in [-0.25, -0.2) is 0 Å². The topological polar surface area (TPSA) is 49.8 Å². The van der Waals surface area contributed by atoms with Gasteiger partial charge in [0.15, 0.2) is 0 Å². The van der Waals surface area contributed by atoms with Crippen molar-refractivity contribution in [3.8, 4) is 6.07 Å². The van der Waals surface area contributed by atoms with Gasteiger partial charge in [-0.1, -0.05) is 0 Å². The summed E-state index contributed by atoms with van der Waals surface area (Å²) in [6.45, 7) is 4.01. The third kappa shape index (κ3) is 1.59. The fourth-order valence-electron chi connectivity index (χ4n) is 1.03. The van der Waals surface area contributed by atoms with E-state index in [-0.39, 0.29) is 0 Å². The maximum Gasteiger partial charge on any atom is 0.119 e. The Balaban J connectivity index is 3.05. The fraction of sp³-hybridized carbons (Fsp3) is 0.375. The Morgan fingerprint density at radius 1 is 1.64 bits per heavy atom. The summed E-state index contributed by atoms with van der Waals surface area (Å²) >= 11 is 1.68. The average Bonchev–Trinajstić information content (AvgIpc) is 2.28. The van der Waals surface area contributed by atoms with Crippen molar-refractivity contribution in [2.75, 3.05) is 0 Å². The molecule has 1 aromatic heterocycles. The maximum absolute atomic E-state index is 8.55. The van der Waals surface area contributed by atoms with Crippen LogP contribution in [0.2, 0.25) is 0 Å². The standard InChI is InChI=1S/C8H10N2S/c1-5-3-7(6(2)11-5)8(10)4-9/h3,8H,10H2,1-2H3. The van der Waals surface area contributed by atoms with E-state index < -0.39 is 6.04 Å². The van der Waals surface area contributed by atoms with E-state index in [9.17, 15) is 0 Å². The Kier molecular flexibility index (Phi) is 2.28. The zero-order valence-electron chi connectivity index (χ0n) is 6.59. The van der Waals surface area contributed by atoms with Gasteiger partial charge in [0.1, 0.15) is 6.04 Å². The molecule has 0 aliphatic rings. The number of aryl methyl sites for hydroxylation is 2. The van der Waals surface area contributed by atoms with E-state index in [0.717, 1.165) is 10.4 Å². The number of thiophene rings is 1. The second kappa shape index (κ2) is 3.04. The normalized spacial score (nSPS) is 12.5. The van der Waals surface area contributed by atoms with Gasteiger partial charge < -0.3 is 5.73 Å². The van der Waals surface area contributed by atoms with E-state index in [4.69, 9.17) is 11.0 Å². The summed E-state index contributed by atoms with van der Waals surface area (Å²) in [5, 5.41) is 8.55. The Labute approximate surface area is 70.3 Å². The first-order valence-electron chi connectivity index (χ1n) is 3.37. The molecule has 0 saturated heterocycles. The van der Waals surface area contributed by atoms with Gasteiger partial charge in [0.25, 0.3) is 0 Å². The molecule has 1 unspecified atom stereocenters. The second-order valence-corrected chi connectivity index (χ2v) is 3.94. The van der Waals surface area contributed by atoms with Gasteiger partial charge in [-0.2, -0.15) is 5.26 Å². The highest BCUT2D eigenvalue weighted by atomic mass is 32.1. The Bertz CT molecular complexity index is 296. The Morgan fingerprint density at radius 3 is 2.64 bits per heavy atom. The molecular formula is C8H10N2S. The van der Waals surface area contributed by atoms with Crippen LogP contribution in [0.4, 0.5) is 0 Å². The summed E-state index contributed by atoms with van der Waals surface area (Å²) < 4.78 is 0. The molecule has 58 valence electrons. The van der Waals surface area contributed by atoms with Crippen LogP contribution in [0.3, 0.4) is 0 Å². The monoisotopic (exact) mass is 166 g/mol. The number of hydrogen-bond donors (Lipinski definition) is 1. The van der Waals surface area contributed by atoms with Crippen LogP contribution in [0.1, 0.15) is 21.4 Å². The van der Waals surface area contributed by atoms with Crippen LogP contribution in [-0.2, 0) is 0 Å². The SMILES string of the molecule is Cc1cc(C(N)C#N)c(C)s1. The van der Waals surface area contributed by atoms with Crippen molar-refractivity contribution in [2.24, 2.45) is 5.73 Å². The lowest BCUT2D eigenvalue weighted by Gasteiger charge is -1.98. The molecule has 1 rings (SSSR count). The molecule has 0 bridgehead atoms. The predicted molar refractivity (Wildman–Crippen MR) is 46.3 cm³/mol. The zero-order chi connectivity index (χ0) is 8.43. The molecule has 11 heavy (non-hydrogen) atoms. The third-order valence-corrected chi connectivity index (χ3v) is 2.54. The van der Waals surface area contributed by atoms with Crippen molar-refractivity contribution in [1.82, 2.24) is 0 Å². The molecule has 0 aliphatic heterocycles. The van der Waals surface area contributed by atoms with E-state index in [2.05, 4.69) is 0 Å². The van der Waals surface area contributed by atoms with Gasteiger partial charge >= 0.3 is 0 Å². The highest BCUT2D eigenvalue weighted by Crippen LogP contribution is 2.24. The van der Waals surface area contributed by atoms with E-state index in [1.807, 2.05) is 26.0 Å². The molecule has 0 spiro atoms. The number of rotatable bonds is 1. The molecule has 2 N–H and O–H groups in total. The number of nitrogens with zero attached hydrogens (tertiary/aromatic N) is 1. The van der Waals surface area contributed by atoms with Gasteiger partial charge in [0.05, 0.1) is 6.07 Å². The molecular weight excluding hydrogens is 156 g/mol. The number of hydrogen-bond acceptors (Lipinski definition) is 3. The van der Waals surface area contributed by atoms with Crippen molar-refractivity contribution in [3.63, 3.8) is 0 Å². The summed E-state index contributed by atoms with van der Waals surface area (Å²) in [5.41, 5.74) is 6.52. The third-order valence-electron chi connectivity index (χ3n) is 1.55. The summed E-state index contributed by atoms with van der Waals surface area (Å²) in [6, 6.07) is 3.54. The minimum absolute atomic E-state index is 0.458. The van der Waals surface area contributed by atoms with Gasteiger partial charge in [-0.15, -0.1) is 11.3 Å². The highest BCUT2D eigenvalue weighted by Gasteiger charge is 2.09. The maximum atomic E-state index is 8.55. The first-order chi connectivity index (χ1) is 5.15. The fourth-order valence-corrected chi connectivity index (χ4v) is 2.00. The smallest absolute Gasteiger partial charge is 0.119 e. The van der Waals surface area contributed by atoms with Crippen molar-refractivity contribution in [1.29, 1.82) is 5.26 Å². The van der Waals surface area contributed by atoms with E-state index in [1.54, 1.807) is 11.3 Å². The number of nitriles is 1. The molecule has 1 atom stereocenters. The summed E-state index contributed by atoms with van der Waals surface area (Å²) in [5.74, 6) is 0. The number of nitrogens with two attached hydrogens (primary N) is 1. The predicted octanol–water partition coefficient (Wildman–Crippen LogP) is 1.89. The van der Waals surface area contributed by atoms with Crippen LogP contribution in [0, 0.1) is 25.2 Å². The average molecular weight is 166 g/mol. The molecule has 1 aromatic rings. The van der Waals surface area contributed by atoms with Crippen LogP contribution < -0.4 is 5.73 Å². The minimum atomic E-state index is -0.458. The van der Waals surface area contributed by atoms with Gasteiger partial charge in [0, 0.05) is 9.75 Å². The van der Waals surface area contributed by atoms with Crippen molar-refractivity contribution < 1.29 is 0 Å². The van der Waals surface area contributed by atoms with Gasteiger partial charge in [0.2, 0.25) is 0 Å². The second-order valence-electron chi connectivity index (χ2n) is 2.48. The molecule has 0 fully saturated rings. The molecule has 1 heterocycles. The van der Waals surface area contributed by atoms with E-state index >= 15 is 0 Å². The quantitative estimate of drug-likeness (QED) is 0.692. The summed E-state index contributed by atoms with van der Waals surface area (Å²) in [6.07, 6.45) is 0. The lowest BCUT2D eigenvalue weighted by Crippen LogP contribution is -2.06. The molecule has 0 amide bonds. The van der Waals surface area contributed by atoms with Gasteiger partial charge in [-0.05, 0) is 25.5 Å². The molecule has 3 heteroatoms. The summed E-state index contributed by atoms with van der Waals surface area (Å²) in [4.78, 5) is 2.36. The first-order valence-corrected chi connectivity index (χ1v) is 4.19. The van der Waals surface area contributed by atoms with Crippen LogP contribution in [0.15, 0.2) is 6.07 Å². The minimum Gasteiger partial charge on any atom is -0.312 e. The lowest BCUT2D eigenvalue weighted by atomic mass is 10.1. The molecule has 0 saturated carbocycles. The van der Waals surface area contributed by atoms with Crippen LogP contribution in [0.25, 0.3) is 0 Å². The van der Waals surface area contributed by atoms with E-state index in [0.29, 0.717) is 0 Å².